The molecule has 0 aliphatic carbocycles. The topological polar surface area (TPSA) is 52.0 Å². The predicted molar refractivity (Wildman–Crippen MR) is 72.7 cm³/mol. The first-order valence-corrected chi connectivity index (χ1v) is 6.53. The molecule has 0 spiro atoms. The fraction of sp³-hybridized carbons (Fsp3) is 0.571. The minimum atomic E-state index is 0.454. The Morgan fingerprint density at radius 3 is 2.89 bits per heavy atom. The van der Waals surface area contributed by atoms with Crippen LogP contribution < -0.4 is 10.2 Å². The molecule has 0 amide bonds. The van der Waals surface area contributed by atoms with Gasteiger partial charge in [-0.2, -0.15) is 5.26 Å². The lowest BCUT2D eigenvalue weighted by Crippen LogP contribution is -2.38. The first kappa shape index (κ1) is 12.8. The molecular weight excluding hydrogens is 224 g/mol. The molecule has 2 rings (SSSR count). The zero-order valence-corrected chi connectivity index (χ0v) is 11.3. The van der Waals surface area contributed by atoms with Gasteiger partial charge in [0.2, 0.25) is 0 Å². The molecule has 1 aliphatic rings. The van der Waals surface area contributed by atoms with Crippen molar-refractivity contribution in [3.05, 3.63) is 22.9 Å². The summed E-state index contributed by atoms with van der Waals surface area (Å²) in [6, 6.07) is 4.73. The Labute approximate surface area is 109 Å². The van der Waals surface area contributed by atoms with E-state index in [0.29, 0.717) is 11.6 Å². The highest BCUT2D eigenvalue weighted by Crippen LogP contribution is 2.25. The van der Waals surface area contributed by atoms with Crippen molar-refractivity contribution in [1.82, 2.24) is 10.3 Å². The molecule has 4 heteroatoms. The van der Waals surface area contributed by atoms with Crippen LogP contribution in [-0.4, -0.2) is 30.7 Å². The number of hydrogen-bond donors (Lipinski definition) is 1. The third-order valence-electron chi connectivity index (χ3n) is 3.53. The van der Waals surface area contributed by atoms with Crippen molar-refractivity contribution < 1.29 is 0 Å². The number of anilines is 1. The summed E-state index contributed by atoms with van der Waals surface area (Å²) in [4.78, 5) is 6.86. The van der Waals surface area contributed by atoms with E-state index in [2.05, 4.69) is 28.2 Å². The first-order chi connectivity index (χ1) is 8.67. The van der Waals surface area contributed by atoms with E-state index in [1.807, 2.05) is 19.9 Å². The number of hydrogen-bond acceptors (Lipinski definition) is 4. The normalized spacial score (nSPS) is 18.7. The monoisotopic (exact) mass is 244 g/mol. The predicted octanol–water partition coefficient (Wildman–Crippen LogP) is 1.76. The summed E-state index contributed by atoms with van der Waals surface area (Å²) in [6.07, 6.45) is 1.12. The molecule has 1 fully saturated rings. The van der Waals surface area contributed by atoms with Gasteiger partial charge < -0.3 is 10.2 Å². The quantitative estimate of drug-likeness (QED) is 0.880. The van der Waals surface area contributed by atoms with Gasteiger partial charge in [-0.25, -0.2) is 4.98 Å². The summed E-state index contributed by atoms with van der Waals surface area (Å²) >= 11 is 0. The Balaban J connectivity index is 2.44. The van der Waals surface area contributed by atoms with Crippen LogP contribution >= 0.6 is 0 Å². The van der Waals surface area contributed by atoms with Crippen LogP contribution in [0.4, 0.5) is 5.82 Å². The summed E-state index contributed by atoms with van der Waals surface area (Å²) in [5.41, 5.74) is 2.71. The number of aromatic nitrogens is 1. The highest BCUT2D eigenvalue weighted by Gasteiger charge is 2.25. The molecule has 1 unspecified atom stereocenters. The van der Waals surface area contributed by atoms with Crippen molar-refractivity contribution in [2.45, 2.75) is 33.2 Å². The highest BCUT2D eigenvalue weighted by molar-refractivity contribution is 5.58. The molecule has 0 aromatic carbocycles. The van der Waals surface area contributed by atoms with E-state index in [9.17, 15) is 5.26 Å². The zero-order valence-electron chi connectivity index (χ0n) is 11.3. The second-order valence-corrected chi connectivity index (χ2v) is 4.82. The SMILES string of the molecule is CCN(c1nc(C)cc(C)c1C#N)C1CCNC1. The Kier molecular flexibility index (Phi) is 3.83. The Bertz CT molecular complexity index is 469. The fourth-order valence-corrected chi connectivity index (χ4v) is 2.65. The number of likely N-dealkylation sites (N-methyl/N-ethyl adjacent to an activating group) is 1. The van der Waals surface area contributed by atoms with Crippen molar-refractivity contribution in [3.8, 4) is 6.07 Å². The number of pyridine rings is 1. The zero-order chi connectivity index (χ0) is 13.1. The fourth-order valence-electron chi connectivity index (χ4n) is 2.65. The maximum absolute atomic E-state index is 9.35. The highest BCUT2D eigenvalue weighted by atomic mass is 15.2. The van der Waals surface area contributed by atoms with Gasteiger partial charge in [-0.3, -0.25) is 0 Å². The lowest BCUT2D eigenvalue weighted by atomic mass is 10.1. The van der Waals surface area contributed by atoms with E-state index in [0.717, 1.165) is 43.1 Å². The van der Waals surface area contributed by atoms with Crippen LogP contribution in [0.25, 0.3) is 0 Å². The Hall–Kier alpha value is -1.60. The van der Waals surface area contributed by atoms with Crippen LogP contribution in [0.3, 0.4) is 0 Å². The van der Waals surface area contributed by atoms with E-state index in [4.69, 9.17) is 0 Å². The summed E-state index contributed by atoms with van der Waals surface area (Å²) in [7, 11) is 0. The molecule has 18 heavy (non-hydrogen) atoms. The summed E-state index contributed by atoms with van der Waals surface area (Å²) in [6.45, 7) is 9.01. The molecule has 1 saturated heterocycles. The van der Waals surface area contributed by atoms with E-state index in [1.165, 1.54) is 0 Å². The van der Waals surface area contributed by atoms with Gasteiger partial charge in [0.15, 0.2) is 0 Å². The number of nitrogens with one attached hydrogen (secondary N) is 1. The van der Waals surface area contributed by atoms with Gasteiger partial charge in [0.25, 0.3) is 0 Å². The standard InChI is InChI=1S/C14H20N4/c1-4-18(12-5-6-16-9-12)14-13(8-15)10(2)7-11(3)17-14/h7,12,16H,4-6,9H2,1-3H3. The van der Waals surface area contributed by atoms with Crippen LogP contribution in [0, 0.1) is 25.2 Å². The van der Waals surface area contributed by atoms with E-state index in [-0.39, 0.29) is 0 Å². The molecule has 0 bridgehead atoms. The molecule has 2 heterocycles. The summed E-state index contributed by atoms with van der Waals surface area (Å²) in [5.74, 6) is 0.853. The third kappa shape index (κ3) is 2.32. The second kappa shape index (κ2) is 5.36. The molecule has 0 saturated carbocycles. The van der Waals surface area contributed by atoms with E-state index >= 15 is 0 Å². The molecular formula is C14H20N4. The van der Waals surface area contributed by atoms with Crippen molar-refractivity contribution in [3.63, 3.8) is 0 Å². The lowest BCUT2D eigenvalue weighted by molar-refractivity contribution is 0.638. The molecule has 1 N–H and O–H groups in total. The average Bonchev–Trinajstić information content (AvgIpc) is 2.83. The number of rotatable bonds is 3. The van der Waals surface area contributed by atoms with Crippen LogP contribution in [0.15, 0.2) is 6.07 Å². The third-order valence-corrected chi connectivity index (χ3v) is 3.53. The van der Waals surface area contributed by atoms with Gasteiger partial charge in [0, 0.05) is 24.8 Å². The van der Waals surface area contributed by atoms with Gasteiger partial charge in [-0.1, -0.05) is 0 Å². The molecule has 0 radical (unpaired) electrons. The Morgan fingerprint density at radius 1 is 1.56 bits per heavy atom. The van der Waals surface area contributed by atoms with Crippen molar-refractivity contribution in [1.29, 1.82) is 5.26 Å². The number of aryl methyl sites for hydroxylation is 2. The van der Waals surface area contributed by atoms with Crippen LogP contribution in [-0.2, 0) is 0 Å². The maximum Gasteiger partial charge on any atom is 0.147 e. The minimum absolute atomic E-state index is 0.454. The molecule has 96 valence electrons. The minimum Gasteiger partial charge on any atom is -0.351 e. The molecule has 1 aliphatic heterocycles. The smallest absolute Gasteiger partial charge is 0.147 e. The van der Waals surface area contributed by atoms with Crippen molar-refractivity contribution >= 4 is 5.82 Å². The van der Waals surface area contributed by atoms with Gasteiger partial charge >= 0.3 is 0 Å². The van der Waals surface area contributed by atoms with E-state index < -0.39 is 0 Å². The van der Waals surface area contributed by atoms with E-state index in [1.54, 1.807) is 0 Å². The number of nitrogens with zero attached hydrogens (tertiary/aromatic N) is 3. The molecule has 1 aromatic heterocycles. The first-order valence-electron chi connectivity index (χ1n) is 6.53. The largest absolute Gasteiger partial charge is 0.351 e. The van der Waals surface area contributed by atoms with Gasteiger partial charge in [0.1, 0.15) is 11.9 Å². The summed E-state index contributed by atoms with van der Waals surface area (Å²) in [5, 5.41) is 12.7. The van der Waals surface area contributed by atoms with Crippen molar-refractivity contribution in [2.24, 2.45) is 0 Å². The summed E-state index contributed by atoms with van der Waals surface area (Å²) < 4.78 is 0. The van der Waals surface area contributed by atoms with Crippen LogP contribution in [0.2, 0.25) is 0 Å². The van der Waals surface area contributed by atoms with Crippen LogP contribution in [0.1, 0.15) is 30.2 Å². The molecule has 1 atom stereocenters. The van der Waals surface area contributed by atoms with Crippen molar-refractivity contribution in [2.75, 3.05) is 24.5 Å². The van der Waals surface area contributed by atoms with Gasteiger partial charge in [0.05, 0.1) is 5.56 Å². The Morgan fingerprint density at radius 2 is 2.33 bits per heavy atom. The maximum atomic E-state index is 9.35. The molecule has 1 aromatic rings. The number of nitriles is 1. The average molecular weight is 244 g/mol. The second-order valence-electron chi connectivity index (χ2n) is 4.82. The molecule has 4 nitrogen and oxygen atoms in total. The lowest BCUT2D eigenvalue weighted by Gasteiger charge is -2.29. The van der Waals surface area contributed by atoms with Crippen LogP contribution in [0.5, 0.6) is 0 Å². The van der Waals surface area contributed by atoms with Gasteiger partial charge in [-0.15, -0.1) is 0 Å². The van der Waals surface area contributed by atoms with Gasteiger partial charge in [-0.05, 0) is 45.4 Å².